The molecule has 0 saturated heterocycles. The summed E-state index contributed by atoms with van der Waals surface area (Å²) in [6.07, 6.45) is -3.10. The van der Waals surface area contributed by atoms with E-state index in [1.54, 1.807) is 0 Å². The van der Waals surface area contributed by atoms with Gasteiger partial charge in [0.15, 0.2) is 0 Å². The first-order valence-electron chi connectivity index (χ1n) is 5.60. The molecule has 2 rings (SSSR count). The summed E-state index contributed by atoms with van der Waals surface area (Å²) >= 11 is 0. The van der Waals surface area contributed by atoms with Crippen LogP contribution in [0.15, 0.2) is 24.3 Å². The van der Waals surface area contributed by atoms with Crippen molar-refractivity contribution in [2.75, 3.05) is 12.3 Å². The van der Waals surface area contributed by atoms with Crippen molar-refractivity contribution in [3.63, 3.8) is 0 Å². The molecule has 0 aromatic heterocycles. The number of nitrogen functional groups attached to an aromatic ring is 1. The molecular formula is C12H13F3N2O. The fourth-order valence-electron chi connectivity index (χ4n) is 1.74. The van der Waals surface area contributed by atoms with Crippen molar-refractivity contribution in [1.82, 2.24) is 4.90 Å². The van der Waals surface area contributed by atoms with Crippen molar-refractivity contribution in [3.05, 3.63) is 29.8 Å². The Kier molecular flexibility index (Phi) is 3.19. The maximum atomic E-state index is 12.4. The van der Waals surface area contributed by atoms with Crippen LogP contribution in [0.4, 0.5) is 18.9 Å². The molecule has 0 bridgehead atoms. The maximum absolute atomic E-state index is 12.4. The van der Waals surface area contributed by atoms with Crippen LogP contribution in [0.2, 0.25) is 0 Å². The molecule has 1 aromatic rings. The molecule has 0 radical (unpaired) electrons. The van der Waals surface area contributed by atoms with E-state index in [0.29, 0.717) is 18.5 Å². The molecule has 1 aromatic carbocycles. The number of halogens is 3. The molecular weight excluding hydrogens is 245 g/mol. The number of nitrogens with two attached hydrogens (primary N) is 1. The number of carbonyl (C=O) groups is 1. The molecule has 0 aliphatic heterocycles. The first kappa shape index (κ1) is 12.7. The molecule has 1 amide bonds. The highest BCUT2D eigenvalue weighted by molar-refractivity contribution is 5.95. The molecule has 0 atom stereocenters. The zero-order valence-corrected chi connectivity index (χ0v) is 9.57. The van der Waals surface area contributed by atoms with Gasteiger partial charge in [-0.1, -0.05) is 0 Å². The number of benzene rings is 1. The van der Waals surface area contributed by atoms with Gasteiger partial charge >= 0.3 is 6.18 Å². The second kappa shape index (κ2) is 4.51. The molecule has 0 heterocycles. The van der Waals surface area contributed by atoms with Crippen molar-refractivity contribution in [1.29, 1.82) is 0 Å². The number of nitrogens with zero attached hydrogens (tertiary/aromatic N) is 1. The Morgan fingerprint density at radius 3 is 2.28 bits per heavy atom. The van der Waals surface area contributed by atoms with Crippen LogP contribution >= 0.6 is 0 Å². The van der Waals surface area contributed by atoms with Crippen molar-refractivity contribution < 1.29 is 18.0 Å². The molecule has 1 aliphatic rings. The molecule has 0 spiro atoms. The summed E-state index contributed by atoms with van der Waals surface area (Å²) in [5.41, 5.74) is 6.18. The normalized spacial score (nSPS) is 15.5. The van der Waals surface area contributed by atoms with Gasteiger partial charge in [0.25, 0.3) is 5.91 Å². The van der Waals surface area contributed by atoms with E-state index in [2.05, 4.69) is 0 Å². The molecule has 2 N–H and O–H groups in total. The topological polar surface area (TPSA) is 46.3 Å². The minimum atomic E-state index is -4.37. The lowest BCUT2D eigenvalue weighted by molar-refractivity contribution is -0.141. The fourth-order valence-corrected chi connectivity index (χ4v) is 1.74. The molecule has 6 heteroatoms. The number of rotatable bonds is 3. The lowest BCUT2D eigenvalue weighted by atomic mass is 10.2. The number of hydrogen-bond donors (Lipinski definition) is 1. The average Bonchev–Trinajstić information content (AvgIpc) is 3.08. The quantitative estimate of drug-likeness (QED) is 0.846. The van der Waals surface area contributed by atoms with Crippen molar-refractivity contribution in [2.24, 2.45) is 0 Å². The second-order valence-corrected chi connectivity index (χ2v) is 4.40. The molecule has 0 unspecified atom stereocenters. The summed E-state index contributed by atoms with van der Waals surface area (Å²) in [6, 6.07) is 5.63. The summed E-state index contributed by atoms with van der Waals surface area (Å²) in [7, 11) is 0. The Balaban J connectivity index is 2.15. The third-order valence-corrected chi connectivity index (χ3v) is 2.76. The fraction of sp³-hybridized carbons (Fsp3) is 0.417. The van der Waals surface area contributed by atoms with Crippen LogP contribution in [0.1, 0.15) is 23.2 Å². The van der Waals surface area contributed by atoms with E-state index < -0.39 is 18.6 Å². The van der Waals surface area contributed by atoms with E-state index in [0.717, 1.165) is 4.90 Å². The second-order valence-electron chi connectivity index (χ2n) is 4.40. The Hall–Kier alpha value is -1.72. The predicted molar refractivity (Wildman–Crippen MR) is 61.0 cm³/mol. The summed E-state index contributed by atoms with van der Waals surface area (Å²) in [4.78, 5) is 12.9. The van der Waals surface area contributed by atoms with Gasteiger partial charge in [0.1, 0.15) is 6.54 Å². The largest absolute Gasteiger partial charge is 0.406 e. The van der Waals surface area contributed by atoms with Gasteiger partial charge in [0.2, 0.25) is 0 Å². The number of hydrogen-bond acceptors (Lipinski definition) is 2. The monoisotopic (exact) mass is 258 g/mol. The summed E-state index contributed by atoms with van der Waals surface area (Å²) < 4.78 is 37.3. The Morgan fingerprint density at radius 1 is 1.28 bits per heavy atom. The van der Waals surface area contributed by atoms with Crippen LogP contribution in [-0.4, -0.2) is 29.6 Å². The summed E-state index contributed by atoms with van der Waals surface area (Å²) in [5, 5.41) is 0. The number of anilines is 1. The first-order valence-corrected chi connectivity index (χ1v) is 5.60. The average molecular weight is 258 g/mol. The van der Waals surface area contributed by atoms with Gasteiger partial charge in [-0.2, -0.15) is 13.2 Å². The van der Waals surface area contributed by atoms with Crippen molar-refractivity contribution in [3.8, 4) is 0 Å². The van der Waals surface area contributed by atoms with Gasteiger partial charge in [-0.25, -0.2) is 0 Å². The predicted octanol–water partition coefficient (Wildman–Crippen LogP) is 2.44. The van der Waals surface area contributed by atoms with E-state index in [1.807, 2.05) is 0 Å². The van der Waals surface area contributed by atoms with E-state index in [9.17, 15) is 18.0 Å². The Morgan fingerprint density at radius 2 is 1.83 bits per heavy atom. The number of amides is 1. The van der Waals surface area contributed by atoms with Gasteiger partial charge in [-0.15, -0.1) is 0 Å². The van der Waals surface area contributed by atoms with Crippen LogP contribution in [-0.2, 0) is 0 Å². The maximum Gasteiger partial charge on any atom is 0.406 e. The van der Waals surface area contributed by atoms with Crippen LogP contribution in [0.3, 0.4) is 0 Å². The minimum absolute atomic E-state index is 0.236. The van der Waals surface area contributed by atoms with Gasteiger partial charge in [0.05, 0.1) is 0 Å². The zero-order valence-electron chi connectivity index (χ0n) is 9.57. The zero-order chi connectivity index (χ0) is 13.3. The molecule has 1 aliphatic carbocycles. The smallest absolute Gasteiger partial charge is 0.399 e. The lowest BCUT2D eigenvalue weighted by Crippen LogP contribution is -2.40. The lowest BCUT2D eigenvalue weighted by Gasteiger charge is -2.23. The molecule has 18 heavy (non-hydrogen) atoms. The molecule has 98 valence electrons. The standard InChI is InChI=1S/C12H13F3N2O/c13-12(14,15)7-17(10-5-6-10)11(18)8-1-3-9(16)4-2-8/h1-4,10H,5-7,16H2. The SMILES string of the molecule is Nc1ccc(C(=O)N(CC(F)(F)F)C2CC2)cc1. The molecule has 3 nitrogen and oxygen atoms in total. The van der Waals surface area contributed by atoms with Gasteiger partial charge in [-0.05, 0) is 37.1 Å². The highest BCUT2D eigenvalue weighted by Gasteiger charge is 2.40. The number of carbonyl (C=O) groups excluding carboxylic acids is 1. The van der Waals surface area contributed by atoms with Crippen LogP contribution in [0.25, 0.3) is 0 Å². The Labute approximate surface area is 102 Å². The summed E-state index contributed by atoms with van der Waals surface area (Å²) in [5.74, 6) is -0.588. The highest BCUT2D eigenvalue weighted by Crippen LogP contribution is 2.31. The first-order chi connectivity index (χ1) is 8.37. The molecule has 1 fully saturated rings. The minimum Gasteiger partial charge on any atom is -0.399 e. The van der Waals surface area contributed by atoms with Gasteiger partial charge in [0, 0.05) is 17.3 Å². The van der Waals surface area contributed by atoms with Gasteiger partial charge < -0.3 is 10.6 Å². The van der Waals surface area contributed by atoms with Crippen LogP contribution in [0, 0.1) is 0 Å². The van der Waals surface area contributed by atoms with Crippen molar-refractivity contribution >= 4 is 11.6 Å². The number of alkyl halides is 3. The van der Waals surface area contributed by atoms with E-state index in [-0.39, 0.29) is 11.6 Å². The highest BCUT2D eigenvalue weighted by atomic mass is 19.4. The van der Waals surface area contributed by atoms with Crippen molar-refractivity contribution in [2.45, 2.75) is 25.1 Å². The van der Waals surface area contributed by atoms with E-state index in [4.69, 9.17) is 5.73 Å². The van der Waals surface area contributed by atoms with Gasteiger partial charge in [-0.3, -0.25) is 4.79 Å². The van der Waals surface area contributed by atoms with Crippen LogP contribution in [0.5, 0.6) is 0 Å². The third kappa shape index (κ3) is 3.15. The van der Waals surface area contributed by atoms with E-state index >= 15 is 0 Å². The van der Waals surface area contributed by atoms with E-state index in [1.165, 1.54) is 24.3 Å². The molecule has 1 saturated carbocycles. The summed E-state index contributed by atoms with van der Waals surface area (Å²) in [6.45, 7) is -1.19. The Bertz CT molecular complexity index is 438. The van der Waals surface area contributed by atoms with Crippen LogP contribution < -0.4 is 5.73 Å². The third-order valence-electron chi connectivity index (χ3n) is 2.76.